The maximum absolute atomic E-state index is 4.39. The molecule has 0 atom stereocenters. The van der Waals surface area contributed by atoms with E-state index in [-0.39, 0.29) is 0 Å². The first kappa shape index (κ1) is 17.1. The van der Waals surface area contributed by atoms with E-state index in [4.69, 9.17) is 0 Å². The van der Waals surface area contributed by atoms with Crippen LogP contribution in [-0.2, 0) is 6.54 Å². The summed E-state index contributed by atoms with van der Waals surface area (Å²) in [5.74, 6) is 0.841. The Bertz CT molecular complexity index is 766. The van der Waals surface area contributed by atoms with Gasteiger partial charge in [0.2, 0.25) is 0 Å². The van der Waals surface area contributed by atoms with E-state index < -0.39 is 0 Å². The minimum Gasteiger partial charge on any atom is -0.370 e. The number of hydrogen-bond donors (Lipinski definition) is 0. The fraction of sp³-hybridized carbons (Fsp3) is 0.316. The summed E-state index contributed by atoms with van der Waals surface area (Å²) in [5.41, 5.74) is 3.30. The zero-order chi connectivity index (χ0) is 17.8. The van der Waals surface area contributed by atoms with E-state index in [1.165, 1.54) is 5.56 Å². The molecule has 2 aromatic rings. The van der Waals surface area contributed by atoms with E-state index in [1.54, 1.807) is 0 Å². The number of azo groups is 1. The standard InChI is InChI=1S/C19H25N6/c1-22(14-16-8-6-5-7-9-16)18-12-10-17(11-13-18)20-21-19-23(2)15-24(3)25(19)4/h5-13H,14-15H2,1-4H3/q+1. The molecule has 130 valence electrons. The van der Waals surface area contributed by atoms with Crippen LogP contribution in [0, 0.1) is 0 Å². The van der Waals surface area contributed by atoms with E-state index in [1.807, 2.05) is 44.4 Å². The van der Waals surface area contributed by atoms with Crippen molar-refractivity contribution in [2.45, 2.75) is 6.54 Å². The summed E-state index contributed by atoms with van der Waals surface area (Å²) >= 11 is 0. The second kappa shape index (κ2) is 7.44. The Morgan fingerprint density at radius 2 is 1.68 bits per heavy atom. The lowest BCUT2D eigenvalue weighted by Crippen LogP contribution is -2.33. The Morgan fingerprint density at radius 1 is 1.00 bits per heavy atom. The van der Waals surface area contributed by atoms with Crippen LogP contribution >= 0.6 is 0 Å². The zero-order valence-electron chi connectivity index (χ0n) is 15.3. The smallest absolute Gasteiger partial charge is 0.370 e. The fourth-order valence-corrected chi connectivity index (χ4v) is 2.83. The third-order valence-electron chi connectivity index (χ3n) is 4.37. The van der Waals surface area contributed by atoms with Crippen LogP contribution in [0.5, 0.6) is 0 Å². The lowest BCUT2D eigenvalue weighted by Gasteiger charge is -2.19. The molecule has 0 aliphatic carbocycles. The average Bonchev–Trinajstić information content (AvgIpc) is 2.86. The first-order valence-electron chi connectivity index (χ1n) is 8.34. The van der Waals surface area contributed by atoms with E-state index in [0.717, 1.165) is 30.5 Å². The van der Waals surface area contributed by atoms with Crippen LogP contribution in [0.2, 0.25) is 0 Å². The minimum absolute atomic E-state index is 0.814. The van der Waals surface area contributed by atoms with Crippen molar-refractivity contribution < 1.29 is 4.58 Å². The van der Waals surface area contributed by atoms with Crippen molar-refractivity contribution in [3.63, 3.8) is 0 Å². The lowest BCUT2D eigenvalue weighted by molar-refractivity contribution is -0.506. The molecule has 2 aromatic carbocycles. The minimum atomic E-state index is 0.814. The van der Waals surface area contributed by atoms with Crippen LogP contribution in [0.25, 0.3) is 0 Å². The maximum atomic E-state index is 4.39. The van der Waals surface area contributed by atoms with Crippen LogP contribution in [0.3, 0.4) is 0 Å². The highest BCUT2D eigenvalue weighted by atomic mass is 15.7. The summed E-state index contributed by atoms with van der Waals surface area (Å²) in [7, 11) is 8.11. The Labute approximate surface area is 149 Å². The molecular formula is C19H25N6+. The van der Waals surface area contributed by atoms with Crippen molar-refractivity contribution >= 4 is 17.3 Å². The Balaban J connectivity index is 1.66. The van der Waals surface area contributed by atoms with Gasteiger partial charge in [-0.1, -0.05) is 35.4 Å². The number of guanidine groups is 1. The van der Waals surface area contributed by atoms with Gasteiger partial charge in [-0.2, -0.15) is 5.01 Å². The SMILES string of the molecule is CN(Cc1ccccc1)c1ccc(N=NC2=[N+](C)CN(C)N2C)cc1. The molecule has 0 bridgehead atoms. The Hall–Kier alpha value is -2.73. The summed E-state index contributed by atoms with van der Waals surface area (Å²) in [6.45, 7) is 1.69. The maximum Gasteiger partial charge on any atom is 0.430 e. The van der Waals surface area contributed by atoms with E-state index in [9.17, 15) is 0 Å². The van der Waals surface area contributed by atoms with Crippen LogP contribution < -0.4 is 4.90 Å². The highest BCUT2D eigenvalue weighted by molar-refractivity contribution is 5.75. The largest absolute Gasteiger partial charge is 0.430 e. The second-order valence-electron chi connectivity index (χ2n) is 6.38. The number of hydrazine groups is 1. The molecule has 0 unspecified atom stereocenters. The molecule has 0 radical (unpaired) electrons. The summed E-state index contributed by atoms with van der Waals surface area (Å²) in [5, 5.41) is 12.8. The topological polar surface area (TPSA) is 37.5 Å². The molecule has 0 spiro atoms. The molecule has 0 saturated heterocycles. The molecular weight excluding hydrogens is 312 g/mol. The van der Waals surface area contributed by atoms with Gasteiger partial charge in [0.05, 0.1) is 14.1 Å². The van der Waals surface area contributed by atoms with Gasteiger partial charge in [-0.25, -0.2) is 4.58 Å². The number of hydrogen-bond acceptors (Lipinski definition) is 5. The van der Waals surface area contributed by atoms with Crippen molar-refractivity contribution in [1.82, 2.24) is 10.0 Å². The molecule has 6 nitrogen and oxygen atoms in total. The molecule has 1 heterocycles. The van der Waals surface area contributed by atoms with E-state index >= 15 is 0 Å². The summed E-state index contributed by atoms with van der Waals surface area (Å²) < 4.78 is 2.06. The zero-order valence-corrected chi connectivity index (χ0v) is 15.3. The quantitative estimate of drug-likeness (QED) is 0.635. The molecule has 1 aliphatic rings. The van der Waals surface area contributed by atoms with Gasteiger partial charge in [-0.15, -0.1) is 5.01 Å². The van der Waals surface area contributed by atoms with Crippen LogP contribution in [0.1, 0.15) is 5.56 Å². The normalized spacial score (nSPS) is 15.4. The van der Waals surface area contributed by atoms with Gasteiger partial charge in [-0.05, 0) is 29.8 Å². The summed E-state index contributed by atoms with van der Waals surface area (Å²) in [4.78, 5) is 2.22. The van der Waals surface area contributed by atoms with Gasteiger partial charge in [0.15, 0.2) is 0 Å². The van der Waals surface area contributed by atoms with Gasteiger partial charge >= 0.3 is 5.96 Å². The predicted octanol–water partition coefficient (Wildman–Crippen LogP) is 3.15. The second-order valence-corrected chi connectivity index (χ2v) is 6.38. The highest BCUT2D eigenvalue weighted by Gasteiger charge is 2.30. The third-order valence-corrected chi connectivity index (χ3v) is 4.37. The molecule has 6 heteroatoms. The van der Waals surface area contributed by atoms with Gasteiger partial charge < -0.3 is 4.90 Å². The number of nitrogens with zero attached hydrogens (tertiary/aromatic N) is 6. The van der Waals surface area contributed by atoms with Crippen molar-refractivity contribution in [3.05, 3.63) is 60.2 Å². The average molecular weight is 337 g/mol. The van der Waals surface area contributed by atoms with Gasteiger partial charge in [-0.3, -0.25) is 0 Å². The monoisotopic (exact) mass is 337 g/mol. The van der Waals surface area contributed by atoms with Crippen molar-refractivity contribution in [1.29, 1.82) is 0 Å². The Kier molecular flexibility index (Phi) is 5.09. The van der Waals surface area contributed by atoms with Crippen LogP contribution in [-0.4, -0.2) is 55.4 Å². The Morgan fingerprint density at radius 3 is 2.28 bits per heavy atom. The van der Waals surface area contributed by atoms with Gasteiger partial charge in [0.1, 0.15) is 12.4 Å². The van der Waals surface area contributed by atoms with E-state index in [0.29, 0.717) is 0 Å². The first-order valence-corrected chi connectivity index (χ1v) is 8.34. The lowest BCUT2D eigenvalue weighted by atomic mass is 10.2. The molecule has 0 aromatic heterocycles. The van der Waals surface area contributed by atoms with Crippen LogP contribution in [0.15, 0.2) is 64.8 Å². The predicted molar refractivity (Wildman–Crippen MR) is 101 cm³/mol. The van der Waals surface area contributed by atoms with Crippen molar-refractivity contribution in [2.75, 3.05) is 39.8 Å². The number of anilines is 1. The first-order chi connectivity index (χ1) is 12.0. The molecule has 0 fully saturated rings. The molecule has 0 N–H and O–H groups in total. The van der Waals surface area contributed by atoms with Gasteiger partial charge in [0, 0.05) is 31.4 Å². The molecule has 0 saturated carbocycles. The number of benzene rings is 2. The van der Waals surface area contributed by atoms with Crippen LogP contribution in [0.4, 0.5) is 11.4 Å². The van der Waals surface area contributed by atoms with Gasteiger partial charge in [0.25, 0.3) is 0 Å². The fourth-order valence-electron chi connectivity index (χ4n) is 2.83. The third kappa shape index (κ3) is 4.03. The van der Waals surface area contributed by atoms with Crippen molar-refractivity contribution in [2.24, 2.45) is 10.2 Å². The van der Waals surface area contributed by atoms with Crippen molar-refractivity contribution in [3.8, 4) is 0 Å². The number of rotatable bonds is 4. The molecule has 1 aliphatic heterocycles. The molecule has 3 rings (SSSR count). The molecule has 0 amide bonds. The highest BCUT2D eigenvalue weighted by Crippen LogP contribution is 2.21. The summed E-state index contributed by atoms with van der Waals surface area (Å²) in [6, 6.07) is 18.6. The summed E-state index contributed by atoms with van der Waals surface area (Å²) in [6.07, 6.45) is 0. The molecule has 25 heavy (non-hydrogen) atoms. The van der Waals surface area contributed by atoms with E-state index in [2.05, 4.69) is 68.2 Å².